The Morgan fingerprint density at radius 3 is 2.35 bits per heavy atom. The number of carboxylic acid groups (broad SMARTS) is 1. The van der Waals surface area contributed by atoms with E-state index in [1.54, 1.807) is 7.11 Å². The van der Waals surface area contributed by atoms with E-state index in [9.17, 15) is 4.79 Å². The van der Waals surface area contributed by atoms with Crippen molar-refractivity contribution in [1.82, 2.24) is 0 Å². The first kappa shape index (κ1) is 13.5. The monoisotopic (exact) mass is 237 g/mol. The molecule has 94 valence electrons. The lowest BCUT2D eigenvalue weighted by Crippen LogP contribution is -2.36. The van der Waals surface area contributed by atoms with Gasteiger partial charge in [-0.2, -0.15) is 0 Å². The van der Waals surface area contributed by atoms with Crippen molar-refractivity contribution in [3.8, 4) is 5.75 Å². The molecule has 0 amide bonds. The number of nitrogens with two attached hydrogens (primary N) is 1. The summed E-state index contributed by atoms with van der Waals surface area (Å²) in [6, 6.07) is 7.44. The van der Waals surface area contributed by atoms with E-state index < -0.39 is 11.4 Å². The third-order valence-electron chi connectivity index (χ3n) is 3.26. The van der Waals surface area contributed by atoms with Crippen LogP contribution in [0.4, 0.5) is 0 Å². The van der Waals surface area contributed by atoms with Crippen molar-refractivity contribution in [2.24, 2.45) is 5.73 Å². The minimum absolute atomic E-state index is 0.0479. The number of benzene rings is 1. The zero-order chi connectivity index (χ0) is 12.9. The maximum Gasteiger partial charge on any atom is 0.304 e. The molecule has 1 rings (SSSR count). The molecule has 1 aromatic rings. The Labute approximate surface area is 101 Å². The summed E-state index contributed by atoms with van der Waals surface area (Å²) in [7, 11) is 1.60. The molecule has 0 aliphatic heterocycles. The van der Waals surface area contributed by atoms with Crippen LogP contribution in [0.25, 0.3) is 0 Å². The third kappa shape index (κ3) is 2.97. The summed E-state index contributed by atoms with van der Waals surface area (Å²) in [5.41, 5.74) is 6.24. The van der Waals surface area contributed by atoms with Gasteiger partial charge in [0.25, 0.3) is 0 Å². The van der Waals surface area contributed by atoms with Crippen LogP contribution in [0.2, 0.25) is 0 Å². The van der Waals surface area contributed by atoms with E-state index in [2.05, 4.69) is 0 Å². The Hall–Kier alpha value is -1.55. The molecule has 3 N–H and O–H groups in total. The second kappa shape index (κ2) is 5.68. The molecule has 0 bridgehead atoms. The van der Waals surface area contributed by atoms with Crippen LogP contribution in [0.3, 0.4) is 0 Å². The SMILES string of the molecule is CCC(CN)(CC(=O)O)c1ccc(OC)cc1. The van der Waals surface area contributed by atoms with Crippen LogP contribution in [0.15, 0.2) is 24.3 Å². The van der Waals surface area contributed by atoms with Crippen molar-refractivity contribution in [2.45, 2.75) is 25.2 Å². The number of aliphatic carboxylic acids is 1. The molecular weight excluding hydrogens is 218 g/mol. The number of ether oxygens (including phenoxy) is 1. The summed E-state index contributed by atoms with van der Waals surface area (Å²) in [5.74, 6) is -0.0702. The van der Waals surface area contributed by atoms with Crippen LogP contribution in [0.1, 0.15) is 25.3 Å². The van der Waals surface area contributed by atoms with E-state index in [0.29, 0.717) is 13.0 Å². The number of hydrogen-bond donors (Lipinski definition) is 2. The van der Waals surface area contributed by atoms with Crippen LogP contribution in [0.5, 0.6) is 5.75 Å². The molecule has 4 heteroatoms. The van der Waals surface area contributed by atoms with Gasteiger partial charge in [-0.15, -0.1) is 0 Å². The van der Waals surface area contributed by atoms with Gasteiger partial charge in [0.2, 0.25) is 0 Å². The minimum Gasteiger partial charge on any atom is -0.497 e. The molecule has 0 fully saturated rings. The second-order valence-corrected chi connectivity index (χ2v) is 4.14. The van der Waals surface area contributed by atoms with Gasteiger partial charge >= 0.3 is 5.97 Å². The number of carbonyl (C=O) groups is 1. The van der Waals surface area contributed by atoms with E-state index in [4.69, 9.17) is 15.6 Å². The van der Waals surface area contributed by atoms with Crippen LogP contribution in [-0.4, -0.2) is 24.7 Å². The van der Waals surface area contributed by atoms with Gasteiger partial charge in [-0.25, -0.2) is 0 Å². The summed E-state index contributed by atoms with van der Waals surface area (Å²) >= 11 is 0. The number of rotatable bonds is 6. The lowest BCUT2D eigenvalue weighted by atomic mass is 9.75. The number of carboxylic acids is 1. The lowest BCUT2D eigenvalue weighted by molar-refractivity contribution is -0.138. The van der Waals surface area contributed by atoms with Crippen LogP contribution >= 0.6 is 0 Å². The Morgan fingerprint density at radius 1 is 1.41 bits per heavy atom. The van der Waals surface area contributed by atoms with E-state index in [0.717, 1.165) is 11.3 Å². The molecule has 1 unspecified atom stereocenters. The van der Waals surface area contributed by atoms with E-state index in [1.165, 1.54) is 0 Å². The highest BCUT2D eigenvalue weighted by molar-refractivity contribution is 5.69. The van der Waals surface area contributed by atoms with Crippen LogP contribution < -0.4 is 10.5 Å². The molecule has 0 radical (unpaired) electrons. The molecule has 0 saturated carbocycles. The normalized spacial score (nSPS) is 14.1. The summed E-state index contributed by atoms with van der Waals surface area (Å²) in [5, 5.41) is 8.99. The van der Waals surface area contributed by atoms with Gasteiger partial charge in [-0.1, -0.05) is 19.1 Å². The zero-order valence-corrected chi connectivity index (χ0v) is 10.3. The Morgan fingerprint density at radius 2 is 2.00 bits per heavy atom. The van der Waals surface area contributed by atoms with Gasteiger partial charge < -0.3 is 15.6 Å². The Kier molecular flexibility index (Phi) is 4.52. The molecule has 0 aliphatic carbocycles. The zero-order valence-electron chi connectivity index (χ0n) is 10.3. The molecule has 17 heavy (non-hydrogen) atoms. The summed E-state index contributed by atoms with van der Waals surface area (Å²) < 4.78 is 5.08. The van der Waals surface area contributed by atoms with Gasteiger partial charge in [0.15, 0.2) is 0 Å². The molecule has 0 aromatic heterocycles. The topological polar surface area (TPSA) is 72.6 Å². The van der Waals surface area contributed by atoms with Gasteiger partial charge in [0.05, 0.1) is 13.5 Å². The molecule has 0 heterocycles. The first-order valence-electron chi connectivity index (χ1n) is 5.64. The highest BCUT2D eigenvalue weighted by atomic mass is 16.5. The first-order valence-corrected chi connectivity index (χ1v) is 5.64. The number of hydrogen-bond acceptors (Lipinski definition) is 3. The first-order chi connectivity index (χ1) is 8.07. The second-order valence-electron chi connectivity index (χ2n) is 4.14. The van der Waals surface area contributed by atoms with Crippen molar-refractivity contribution in [3.63, 3.8) is 0 Å². The molecule has 1 aromatic carbocycles. The summed E-state index contributed by atoms with van der Waals surface area (Å²) in [6.45, 7) is 2.28. The molecule has 0 spiro atoms. The van der Waals surface area contributed by atoms with Crippen molar-refractivity contribution < 1.29 is 14.6 Å². The third-order valence-corrected chi connectivity index (χ3v) is 3.26. The van der Waals surface area contributed by atoms with Gasteiger partial charge in [-0.05, 0) is 24.1 Å². The maximum absolute atomic E-state index is 10.9. The molecule has 4 nitrogen and oxygen atoms in total. The van der Waals surface area contributed by atoms with Crippen molar-refractivity contribution in [3.05, 3.63) is 29.8 Å². The fourth-order valence-electron chi connectivity index (χ4n) is 2.00. The Balaban J connectivity index is 3.07. The van der Waals surface area contributed by atoms with Crippen LogP contribution in [0, 0.1) is 0 Å². The standard InChI is InChI=1S/C13H19NO3/c1-3-13(9-14,8-12(15)16)10-4-6-11(17-2)7-5-10/h4-7H,3,8-9,14H2,1-2H3,(H,15,16). The minimum atomic E-state index is -0.826. The van der Waals surface area contributed by atoms with Crippen LogP contribution in [-0.2, 0) is 10.2 Å². The Bertz CT molecular complexity index is 369. The smallest absolute Gasteiger partial charge is 0.304 e. The van der Waals surface area contributed by atoms with Crippen molar-refractivity contribution >= 4 is 5.97 Å². The molecular formula is C13H19NO3. The van der Waals surface area contributed by atoms with Gasteiger partial charge in [-0.3, -0.25) is 4.79 Å². The molecule has 0 saturated heterocycles. The summed E-state index contributed by atoms with van der Waals surface area (Å²) in [4.78, 5) is 10.9. The van der Waals surface area contributed by atoms with Crippen molar-refractivity contribution in [2.75, 3.05) is 13.7 Å². The lowest BCUT2D eigenvalue weighted by Gasteiger charge is -2.30. The highest BCUT2D eigenvalue weighted by Gasteiger charge is 2.31. The largest absolute Gasteiger partial charge is 0.497 e. The highest BCUT2D eigenvalue weighted by Crippen LogP contribution is 2.31. The number of methoxy groups -OCH3 is 1. The predicted octanol–water partition coefficient (Wildman–Crippen LogP) is 1.78. The average molecular weight is 237 g/mol. The van der Waals surface area contributed by atoms with Gasteiger partial charge in [0, 0.05) is 12.0 Å². The van der Waals surface area contributed by atoms with E-state index >= 15 is 0 Å². The predicted molar refractivity (Wildman–Crippen MR) is 66.3 cm³/mol. The average Bonchev–Trinajstić information content (AvgIpc) is 2.36. The van der Waals surface area contributed by atoms with Crippen molar-refractivity contribution in [1.29, 1.82) is 0 Å². The molecule has 1 atom stereocenters. The van der Waals surface area contributed by atoms with Gasteiger partial charge in [0.1, 0.15) is 5.75 Å². The summed E-state index contributed by atoms with van der Waals surface area (Å²) in [6.07, 6.45) is 0.745. The fourth-order valence-corrected chi connectivity index (χ4v) is 2.00. The fraction of sp³-hybridized carbons (Fsp3) is 0.462. The quantitative estimate of drug-likeness (QED) is 0.791. The van der Waals surface area contributed by atoms with E-state index in [1.807, 2.05) is 31.2 Å². The maximum atomic E-state index is 10.9. The van der Waals surface area contributed by atoms with E-state index in [-0.39, 0.29) is 6.42 Å². The molecule has 0 aliphatic rings.